The van der Waals surface area contributed by atoms with Crippen LogP contribution in [0.2, 0.25) is 0 Å². The van der Waals surface area contributed by atoms with Gasteiger partial charge in [0.15, 0.2) is 0 Å². The van der Waals surface area contributed by atoms with Gasteiger partial charge in [-0.1, -0.05) is 114 Å². The Labute approximate surface area is 216 Å². The number of carboxylic acids is 1. The van der Waals surface area contributed by atoms with Gasteiger partial charge in [0, 0.05) is 18.0 Å². The van der Waals surface area contributed by atoms with E-state index in [1.165, 1.54) is 51.0 Å². The van der Waals surface area contributed by atoms with Gasteiger partial charge >= 0.3 is 11.9 Å². The van der Waals surface area contributed by atoms with Crippen molar-refractivity contribution in [1.29, 1.82) is 0 Å². The fourth-order valence-electron chi connectivity index (χ4n) is 3.04. The molecule has 0 aliphatic carbocycles. The first-order chi connectivity index (χ1) is 17.2. The number of aliphatic hydroxyl groups excluding tert-OH is 1. The molecule has 0 aliphatic heterocycles. The molecule has 0 bridgehead atoms. The number of unbranched alkanes of at least 4 members (excludes halogenated alkanes) is 7. The van der Waals surface area contributed by atoms with E-state index >= 15 is 0 Å². The first kappa shape index (κ1) is 33.1. The third-order valence-corrected chi connectivity index (χ3v) is 5.33. The molecule has 36 heavy (non-hydrogen) atoms. The number of ether oxygens (including phenoxy) is 1. The van der Waals surface area contributed by atoms with E-state index in [0.717, 1.165) is 6.42 Å². The molecule has 0 aromatic heterocycles. The van der Waals surface area contributed by atoms with Crippen LogP contribution in [0.3, 0.4) is 0 Å². The van der Waals surface area contributed by atoms with Gasteiger partial charge in [-0.25, -0.2) is 4.79 Å². The molecule has 0 heterocycles. The van der Waals surface area contributed by atoms with Gasteiger partial charge in [-0.05, 0) is 12.8 Å². The lowest BCUT2D eigenvalue weighted by atomic mass is 9.87. The minimum atomic E-state index is -1.45. The molecule has 1 atom stereocenters. The minimum Gasteiger partial charge on any atom is -0.481 e. The van der Waals surface area contributed by atoms with Crippen molar-refractivity contribution in [3.05, 3.63) is 60.8 Å². The second-order valence-electron chi connectivity index (χ2n) is 9.29. The highest BCUT2D eigenvalue weighted by Gasteiger charge is 2.34. The van der Waals surface area contributed by atoms with Crippen molar-refractivity contribution in [2.24, 2.45) is 5.41 Å². The highest BCUT2D eigenvalue weighted by molar-refractivity contribution is 5.83. The first-order valence-electron chi connectivity index (χ1n) is 12.9. The summed E-state index contributed by atoms with van der Waals surface area (Å²) in [6.45, 7) is 5.13. The molecular weight excluding hydrogens is 458 g/mol. The Kier molecular flexibility index (Phi) is 19.6. The molecule has 0 rings (SSSR count). The Morgan fingerprint density at radius 2 is 1.42 bits per heavy atom. The summed E-state index contributed by atoms with van der Waals surface area (Å²) >= 11 is 0. The predicted octanol–water partition coefficient (Wildman–Crippen LogP) is 5.43. The van der Waals surface area contributed by atoms with Crippen LogP contribution < -0.4 is 5.32 Å². The van der Waals surface area contributed by atoms with Crippen molar-refractivity contribution in [3.8, 4) is 0 Å². The Hall–Kier alpha value is -2.93. The van der Waals surface area contributed by atoms with E-state index in [1.54, 1.807) is 32.1 Å². The van der Waals surface area contributed by atoms with Crippen LogP contribution in [0.15, 0.2) is 60.8 Å². The van der Waals surface area contributed by atoms with E-state index in [4.69, 9.17) is 9.84 Å². The quantitative estimate of drug-likeness (QED) is 0.0884. The van der Waals surface area contributed by atoms with Crippen LogP contribution in [0.1, 0.15) is 78.6 Å². The average Bonchev–Trinajstić information content (AvgIpc) is 2.83. The van der Waals surface area contributed by atoms with Crippen molar-refractivity contribution < 1.29 is 29.3 Å². The Morgan fingerprint density at radius 3 is 2.03 bits per heavy atom. The number of carbonyl (C=O) groups is 3. The van der Waals surface area contributed by atoms with Gasteiger partial charge < -0.3 is 20.3 Å². The average molecular weight is 504 g/mol. The summed E-state index contributed by atoms with van der Waals surface area (Å²) in [5, 5.41) is 21.1. The van der Waals surface area contributed by atoms with Gasteiger partial charge in [-0.2, -0.15) is 0 Å². The maximum absolute atomic E-state index is 11.9. The summed E-state index contributed by atoms with van der Waals surface area (Å²) in [5.74, 6) is -2.35. The molecule has 0 unspecified atom stereocenters. The van der Waals surface area contributed by atoms with Gasteiger partial charge in [-0.15, -0.1) is 0 Å². The van der Waals surface area contributed by atoms with Crippen molar-refractivity contribution in [2.45, 2.75) is 84.7 Å². The van der Waals surface area contributed by atoms with Crippen molar-refractivity contribution in [1.82, 2.24) is 5.32 Å². The smallest absolute Gasteiger partial charge is 0.330 e. The number of aliphatic hydroxyl groups is 1. The number of nitrogens with one attached hydrogen (secondary N) is 1. The number of allylic oxidation sites excluding steroid dienone is 9. The number of aliphatic carboxylic acids is 1. The normalized spacial score (nSPS) is 13.4. The third kappa shape index (κ3) is 19.4. The standard InChI is InChI=1S/C29H45NO6/c1-4-5-6-7-8-9-10-11-12-13-14-15-16-17-18-19-20-21-26(33)36-24-29(2,3)27(34)28(35)30-23-22-25(31)32/h12-21,27,34H,4-11,22-24H2,1-3H3,(H,30,35)(H,31,32)/b13-12+,15-14+,17-16+,19-18+,21-20+/t27-/m0/s1. The number of carbonyl (C=O) groups excluding carboxylic acids is 2. The zero-order valence-corrected chi connectivity index (χ0v) is 22.2. The topological polar surface area (TPSA) is 113 Å². The van der Waals surface area contributed by atoms with Gasteiger partial charge in [0.2, 0.25) is 5.91 Å². The summed E-state index contributed by atoms with van der Waals surface area (Å²) in [6, 6.07) is 0. The summed E-state index contributed by atoms with van der Waals surface area (Å²) in [4.78, 5) is 34.3. The largest absolute Gasteiger partial charge is 0.481 e. The van der Waals surface area contributed by atoms with Crippen LogP contribution in [-0.2, 0) is 19.1 Å². The zero-order chi connectivity index (χ0) is 27.1. The zero-order valence-electron chi connectivity index (χ0n) is 22.2. The maximum Gasteiger partial charge on any atom is 0.330 e. The minimum absolute atomic E-state index is 0.0869. The highest BCUT2D eigenvalue weighted by Crippen LogP contribution is 2.21. The molecule has 3 N–H and O–H groups in total. The monoisotopic (exact) mass is 503 g/mol. The van der Waals surface area contributed by atoms with Gasteiger partial charge in [-0.3, -0.25) is 9.59 Å². The molecule has 0 aliphatic rings. The van der Waals surface area contributed by atoms with E-state index in [-0.39, 0.29) is 19.6 Å². The van der Waals surface area contributed by atoms with Crippen LogP contribution in [0.25, 0.3) is 0 Å². The number of amides is 1. The van der Waals surface area contributed by atoms with E-state index < -0.39 is 29.4 Å². The lowest BCUT2D eigenvalue weighted by Gasteiger charge is -2.28. The molecule has 0 fully saturated rings. The van der Waals surface area contributed by atoms with Crippen molar-refractivity contribution in [3.63, 3.8) is 0 Å². The number of rotatable bonds is 20. The van der Waals surface area contributed by atoms with Gasteiger partial charge in [0.05, 0.1) is 13.0 Å². The van der Waals surface area contributed by atoms with E-state index in [0.29, 0.717) is 0 Å². The molecule has 7 heteroatoms. The lowest BCUT2D eigenvalue weighted by Crippen LogP contribution is -2.46. The Bertz CT molecular complexity index is 777. The van der Waals surface area contributed by atoms with Crippen molar-refractivity contribution in [2.75, 3.05) is 13.2 Å². The number of hydrogen-bond acceptors (Lipinski definition) is 5. The molecule has 0 aromatic carbocycles. The molecule has 0 aromatic rings. The molecule has 0 saturated carbocycles. The van der Waals surface area contributed by atoms with Gasteiger partial charge in [0.1, 0.15) is 6.10 Å². The van der Waals surface area contributed by atoms with Crippen LogP contribution in [0, 0.1) is 5.41 Å². The second kappa shape index (κ2) is 21.4. The lowest BCUT2D eigenvalue weighted by molar-refractivity contribution is -0.149. The molecule has 1 amide bonds. The van der Waals surface area contributed by atoms with Crippen molar-refractivity contribution >= 4 is 17.8 Å². The molecule has 202 valence electrons. The van der Waals surface area contributed by atoms with Crippen LogP contribution >= 0.6 is 0 Å². The second-order valence-corrected chi connectivity index (χ2v) is 9.29. The van der Waals surface area contributed by atoms with Gasteiger partial charge in [0.25, 0.3) is 0 Å². The molecule has 0 saturated heterocycles. The Morgan fingerprint density at radius 1 is 0.861 bits per heavy atom. The fraction of sp³-hybridized carbons (Fsp3) is 0.552. The van der Waals surface area contributed by atoms with Crippen LogP contribution in [-0.4, -0.2) is 47.3 Å². The molecular formula is C29H45NO6. The maximum atomic E-state index is 11.9. The van der Waals surface area contributed by atoms with E-state index in [1.807, 2.05) is 24.3 Å². The van der Waals surface area contributed by atoms with E-state index in [2.05, 4.69) is 24.4 Å². The summed E-state index contributed by atoms with van der Waals surface area (Å²) in [7, 11) is 0. The predicted molar refractivity (Wildman–Crippen MR) is 144 cm³/mol. The summed E-state index contributed by atoms with van der Waals surface area (Å²) in [5.41, 5.74) is -1.04. The summed E-state index contributed by atoms with van der Waals surface area (Å²) < 4.78 is 5.12. The van der Waals surface area contributed by atoms with E-state index in [9.17, 15) is 19.5 Å². The molecule has 0 spiro atoms. The number of hydrogen-bond donors (Lipinski definition) is 3. The van der Waals surface area contributed by atoms with Crippen LogP contribution in [0.4, 0.5) is 0 Å². The Balaban J connectivity index is 4.09. The fourth-order valence-corrected chi connectivity index (χ4v) is 3.04. The number of carboxylic acid groups (broad SMARTS) is 1. The SMILES string of the molecule is CCCCCCCCC/C=C/C=C/C=C/C=C/C=C/C(=O)OCC(C)(C)[C@@H](O)C(=O)NCCC(=O)O. The molecule has 0 radical (unpaired) electrons. The van der Waals surface area contributed by atoms with Crippen LogP contribution in [0.5, 0.6) is 0 Å². The first-order valence-corrected chi connectivity index (χ1v) is 12.9. The number of esters is 1. The molecule has 7 nitrogen and oxygen atoms in total. The third-order valence-electron chi connectivity index (χ3n) is 5.33. The highest BCUT2D eigenvalue weighted by atomic mass is 16.5. The summed E-state index contributed by atoms with van der Waals surface area (Å²) in [6.07, 6.45) is 26.8.